The van der Waals surface area contributed by atoms with E-state index in [1.807, 2.05) is 34.6 Å². The van der Waals surface area contributed by atoms with Gasteiger partial charge in [-0.1, -0.05) is 27.7 Å². The number of rotatable bonds is 2. The van der Waals surface area contributed by atoms with Crippen molar-refractivity contribution in [3.8, 4) is 0 Å². The summed E-state index contributed by atoms with van der Waals surface area (Å²) in [6.07, 6.45) is 2.28. The molecule has 9 nitrogen and oxygen atoms in total. The van der Waals surface area contributed by atoms with Gasteiger partial charge in [0, 0.05) is 40.1 Å². The van der Waals surface area contributed by atoms with Crippen molar-refractivity contribution in [1.29, 1.82) is 0 Å². The number of cyclic esters (lactones) is 2. The highest BCUT2D eigenvalue weighted by atomic mass is 16.6. The van der Waals surface area contributed by atoms with E-state index < -0.39 is 63.4 Å². The predicted molar refractivity (Wildman–Crippen MR) is 135 cm³/mol. The Morgan fingerprint density at radius 3 is 2.46 bits per heavy atom. The molecule has 0 bridgehead atoms. The van der Waals surface area contributed by atoms with Crippen molar-refractivity contribution < 1.29 is 42.5 Å². The minimum absolute atomic E-state index is 0.0662. The summed E-state index contributed by atoms with van der Waals surface area (Å²) in [7, 11) is 0. The lowest BCUT2D eigenvalue weighted by Gasteiger charge is -2.72. The molecule has 9 heteroatoms. The van der Waals surface area contributed by atoms with E-state index in [1.165, 1.54) is 6.92 Å². The summed E-state index contributed by atoms with van der Waals surface area (Å²) >= 11 is 0. The maximum atomic E-state index is 15.0. The van der Waals surface area contributed by atoms with Crippen LogP contribution < -0.4 is 0 Å². The first kappa shape index (κ1) is 26.5. The Morgan fingerprint density at radius 1 is 1.10 bits per heavy atom. The van der Waals surface area contributed by atoms with Crippen LogP contribution in [-0.4, -0.2) is 48.1 Å². The van der Waals surface area contributed by atoms with E-state index in [1.54, 1.807) is 18.6 Å². The molecule has 4 heterocycles. The number of Topliss-reactive ketones (excluding diaryl/α,β-unsaturated/α-hetero) is 1. The summed E-state index contributed by atoms with van der Waals surface area (Å²) in [4.78, 5) is 53.6. The summed E-state index contributed by atoms with van der Waals surface area (Å²) in [5.41, 5.74) is -3.57. The Hall–Kier alpha value is -2.68. The normalized spacial score (nSPS) is 48.1. The number of hydrogen-bond donors (Lipinski definition) is 0. The Labute approximate surface area is 228 Å². The topological polar surface area (TPSA) is 118 Å². The molecule has 3 saturated heterocycles. The molecule has 1 spiro atoms. The van der Waals surface area contributed by atoms with Crippen LogP contribution in [0.5, 0.6) is 0 Å². The lowest BCUT2D eigenvalue weighted by molar-refractivity contribution is -0.284. The molecule has 212 valence electrons. The minimum atomic E-state index is -1.14. The van der Waals surface area contributed by atoms with Gasteiger partial charge in [-0.05, 0) is 38.7 Å². The van der Waals surface area contributed by atoms with Gasteiger partial charge in [0.1, 0.15) is 12.7 Å². The van der Waals surface area contributed by atoms with E-state index in [2.05, 4.69) is 6.92 Å². The molecule has 2 aliphatic carbocycles. The maximum Gasteiger partial charge on any atom is 0.309 e. The number of esters is 3. The summed E-state index contributed by atoms with van der Waals surface area (Å²) < 4.78 is 29.7. The molecule has 0 radical (unpaired) electrons. The summed E-state index contributed by atoms with van der Waals surface area (Å²) in [6, 6.07) is 1.80. The molecule has 39 heavy (non-hydrogen) atoms. The highest BCUT2D eigenvalue weighted by Gasteiger charge is 2.83. The van der Waals surface area contributed by atoms with Crippen LogP contribution in [0.15, 0.2) is 23.0 Å². The molecule has 0 amide bonds. The molecule has 10 atom stereocenters. The smallest absolute Gasteiger partial charge is 0.309 e. The van der Waals surface area contributed by atoms with Crippen LogP contribution in [0.3, 0.4) is 0 Å². The zero-order chi connectivity index (χ0) is 28.3. The molecular formula is C30H38O9. The van der Waals surface area contributed by atoms with Crippen LogP contribution >= 0.6 is 0 Å². The van der Waals surface area contributed by atoms with Crippen molar-refractivity contribution >= 4 is 23.7 Å². The number of carbonyl (C=O) groups excluding carboxylic acids is 4. The van der Waals surface area contributed by atoms with Gasteiger partial charge in [-0.15, -0.1) is 0 Å². The molecule has 0 unspecified atom stereocenters. The van der Waals surface area contributed by atoms with Crippen LogP contribution in [0, 0.1) is 39.4 Å². The Balaban J connectivity index is 1.61. The van der Waals surface area contributed by atoms with Gasteiger partial charge in [-0.3, -0.25) is 19.2 Å². The van der Waals surface area contributed by atoms with E-state index in [0.29, 0.717) is 12.8 Å². The molecule has 6 rings (SSSR count). The zero-order valence-electron chi connectivity index (χ0n) is 23.7. The number of hydrogen-bond acceptors (Lipinski definition) is 9. The molecule has 5 fully saturated rings. The predicted octanol–water partition coefficient (Wildman–Crippen LogP) is 4.18. The second kappa shape index (κ2) is 7.95. The fourth-order valence-electron chi connectivity index (χ4n) is 10.1. The number of carbonyl (C=O) groups is 4. The molecule has 1 aromatic rings. The van der Waals surface area contributed by atoms with Crippen LogP contribution in [0.4, 0.5) is 0 Å². The van der Waals surface area contributed by atoms with Gasteiger partial charge in [-0.2, -0.15) is 0 Å². The average molecular weight is 543 g/mol. The van der Waals surface area contributed by atoms with E-state index in [0.717, 1.165) is 5.56 Å². The van der Waals surface area contributed by atoms with Crippen LogP contribution in [0.25, 0.3) is 0 Å². The zero-order valence-corrected chi connectivity index (χ0v) is 23.7. The maximum absolute atomic E-state index is 15.0. The Bertz CT molecular complexity index is 1250. The summed E-state index contributed by atoms with van der Waals surface area (Å²) in [5, 5.41) is 0. The first-order chi connectivity index (χ1) is 18.2. The largest absolute Gasteiger partial charge is 0.472 e. The number of ketones is 1. The molecule has 1 aromatic heterocycles. The lowest BCUT2D eigenvalue weighted by atomic mass is 9.31. The monoisotopic (exact) mass is 542 g/mol. The highest BCUT2D eigenvalue weighted by Crippen LogP contribution is 2.78. The number of ether oxygens (including phenoxy) is 4. The SMILES string of the molecule is CC(=O)O[C@@H]1C(=O)[C@]2(C)[C@@H](CC[C@]3(C)[C@@H](c4ccoc4)OC(=O)[C@@H](C)[C@@]32C)[C@@]23COC(=O)C[C@H]2OC(C)(C)[C@H]13. The van der Waals surface area contributed by atoms with Crippen LogP contribution in [0.2, 0.25) is 0 Å². The van der Waals surface area contributed by atoms with Crippen molar-refractivity contribution in [2.45, 2.75) is 91.6 Å². The highest BCUT2D eigenvalue weighted by molar-refractivity contribution is 5.94. The van der Waals surface area contributed by atoms with Gasteiger partial charge < -0.3 is 23.4 Å². The third-order valence-corrected chi connectivity index (χ3v) is 12.0. The average Bonchev–Trinajstić information content (AvgIpc) is 3.46. The second-order valence-corrected chi connectivity index (χ2v) is 13.6. The van der Waals surface area contributed by atoms with E-state index in [4.69, 9.17) is 23.4 Å². The fraction of sp³-hybridized carbons (Fsp3) is 0.733. The second-order valence-electron chi connectivity index (χ2n) is 13.6. The summed E-state index contributed by atoms with van der Waals surface area (Å²) in [6.45, 7) is 13.1. The van der Waals surface area contributed by atoms with Crippen LogP contribution in [-0.2, 0) is 38.1 Å². The molecule has 2 saturated carbocycles. The minimum Gasteiger partial charge on any atom is -0.472 e. The van der Waals surface area contributed by atoms with E-state index in [9.17, 15) is 14.4 Å². The van der Waals surface area contributed by atoms with Gasteiger partial charge in [0.15, 0.2) is 11.9 Å². The van der Waals surface area contributed by atoms with Crippen molar-refractivity contribution in [3.63, 3.8) is 0 Å². The Kier molecular flexibility index (Phi) is 5.41. The van der Waals surface area contributed by atoms with E-state index in [-0.39, 0.29) is 36.7 Å². The van der Waals surface area contributed by atoms with Gasteiger partial charge in [0.25, 0.3) is 0 Å². The van der Waals surface area contributed by atoms with E-state index >= 15 is 4.79 Å². The van der Waals surface area contributed by atoms with Crippen molar-refractivity contribution in [3.05, 3.63) is 24.2 Å². The molecule has 0 aromatic carbocycles. The first-order valence-corrected chi connectivity index (χ1v) is 13.9. The van der Waals surface area contributed by atoms with Crippen molar-refractivity contribution in [2.24, 2.45) is 39.4 Å². The van der Waals surface area contributed by atoms with Crippen molar-refractivity contribution in [2.75, 3.05) is 6.61 Å². The van der Waals surface area contributed by atoms with Gasteiger partial charge >= 0.3 is 17.9 Å². The molecule has 5 aliphatic rings. The Morgan fingerprint density at radius 2 is 1.82 bits per heavy atom. The number of furan rings is 1. The quantitative estimate of drug-likeness (QED) is 0.400. The third kappa shape index (κ3) is 2.95. The summed E-state index contributed by atoms with van der Waals surface area (Å²) in [5.74, 6) is -2.91. The first-order valence-electron chi connectivity index (χ1n) is 13.9. The van der Waals surface area contributed by atoms with Crippen LogP contribution in [0.1, 0.15) is 79.4 Å². The lowest BCUT2D eigenvalue weighted by Crippen LogP contribution is -2.77. The molecular weight excluding hydrogens is 504 g/mol. The molecule has 3 aliphatic heterocycles. The third-order valence-electron chi connectivity index (χ3n) is 12.0. The van der Waals surface area contributed by atoms with Gasteiger partial charge in [0.2, 0.25) is 0 Å². The number of fused-ring (bicyclic) bond motifs is 3. The van der Waals surface area contributed by atoms with Gasteiger partial charge in [0.05, 0.1) is 36.6 Å². The fourth-order valence-corrected chi connectivity index (χ4v) is 10.1. The molecule has 0 N–H and O–H groups in total. The van der Waals surface area contributed by atoms with Crippen molar-refractivity contribution in [1.82, 2.24) is 0 Å². The van der Waals surface area contributed by atoms with Gasteiger partial charge in [-0.25, -0.2) is 0 Å². The standard InChI is InChI=1S/C30H38O9/c1-15-25(34)38-24(17-9-11-35-13-17)27(5)10-8-18-28(6,29(15,27)7)23(33)21(37-16(2)31)22-26(3,4)39-19-12-20(32)36-14-30(18,19)22/h9,11,13,15,18-19,21-22,24H,8,10,12,14H2,1-7H3/t15-,18-,19-,21+,22+,24-,27-,28+,29+,30+/m1/s1.